The lowest BCUT2D eigenvalue weighted by Crippen LogP contribution is -2.22. The summed E-state index contributed by atoms with van der Waals surface area (Å²) < 4.78 is 12.0. The van der Waals surface area contributed by atoms with Gasteiger partial charge in [-0.15, -0.1) is 0 Å². The van der Waals surface area contributed by atoms with Crippen molar-refractivity contribution >= 4 is 22.7 Å². The first-order valence-corrected chi connectivity index (χ1v) is 8.63. The zero-order chi connectivity index (χ0) is 19.5. The molecule has 0 saturated carbocycles. The Balaban J connectivity index is 1.56. The van der Waals surface area contributed by atoms with Gasteiger partial charge in [-0.3, -0.25) is 4.79 Å². The second kappa shape index (κ2) is 7.40. The molecule has 140 valence electrons. The quantitative estimate of drug-likeness (QED) is 0.541. The van der Waals surface area contributed by atoms with Crippen molar-refractivity contribution in [3.8, 4) is 5.75 Å². The van der Waals surface area contributed by atoms with E-state index in [9.17, 15) is 9.59 Å². The number of anilines is 1. The number of para-hydroxylation sites is 1. The van der Waals surface area contributed by atoms with Gasteiger partial charge < -0.3 is 14.5 Å². The molecule has 1 amide bonds. The van der Waals surface area contributed by atoms with Crippen LogP contribution in [-0.4, -0.2) is 22.8 Å². The minimum absolute atomic E-state index is 0.0594. The van der Waals surface area contributed by atoms with E-state index >= 15 is 0 Å². The highest BCUT2D eigenvalue weighted by molar-refractivity contribution is 6.05. The number of amides is 1. The van der Waals surface area contributed by atoms with Crippen molar-refractivity contribution in [3.63, 3.8) is 0 Å². The van der Waals surface area contributed by atoms with Crippen LogP contribution >= 0.6 is 0 Å². The summed E-state index contributed by atoms with van der Waals surface area (Å²) in [5, 5.41) is 7.65. The van der Waals surface area contributed by atoms with Gasteiger partial charge in [0.1, 0.15) is 22.7 Å². The number of methoxy groups -OCH3 is 1. The number of rotatable bonds is 5. The topological polar surface area (TPSA) is 86.4 Å². The Morgan fingerprint density at radius 1 is 1.14 bits per heavy atom. The molecule has 7 heteroatoms. The summed E-state index contributed by atoms with van der Waals surface area (Å²) in [5.41, 5.74) is 0.687. The summed E-state index contributed by atoms with van der Waals surface area (Å²) in [6.07, 6.45) is 1.59. The maximum absolute atomic E-state index is 12.6. The predicted octanol–water partition coefficient (Wildman–Crippen LogP) is 3.30. The lowest BCUT2D eigenvalue weighted by molar-refractivity contribution is 0.102. The lowest BCUT2D eigenvalue weighted by atomic mass is 10.2. The predicted molar refractivity (Wildman–Crippen MR) is 105 cm³/mol. The van der Waals surface area contributed by atoms with Crippen molar-refractivity contribution in [2.24, 2.45) is 0 Å². The Morgan fingerprint density at radius 3 is 2.71 bits per heavy atom. The van der Waals surface area contributed by atoms with Gasteiger partial charge in [-0.2, -0.15) is 5.10 Å². The summed E-state index contributed by atoms with van der Waals surface area (Å²) in [6, 6.07) is 17.8. The highest BCUT2D eigenvalue weighted by Gasteiger charge is 2.16. The third-order valence-corrected chi connectivity index (χ3v) is 4.34. The van der Waals surface area contributed by atoms with Crippen LogP contribution in [0.1, 0.15) is 15.9 Å². The molecule has 7 nitrogen and oxygen atoms in total. The number of hydrogen-bond donors (Lipinski definition) is 1. The third-order valence-electron chi connectivity index (χ3n) is 4.34. The van der Waals surface area contributed by atoms with E-state index in [1.165, 1.54) is 6.07 Å². The normalized spacial score (nSPS) is 10.8. The molecule has 2 aromatic carbocycles. The number of aromatic nitrogens is 2. The number of nitrogens with zero attached hydrogens (tertiary/aromatic N) is 2. The van der Waals surface area contributed by atoms with Crippen LogP contribution in [0.2, 0.25) is 0 Å². The van der Waals surface area contributed by atoms with Crippen LogP contribution in [0.15, 0.2) is 76.1 Å². The highest BCUT2D eigenvalue weighted by Crippen LogP contribution is 2.16. The van der Waals surface area contributed by atoms with Crippen molar-refractivity contribution in [3.05, 3.63) is 88.4 Å². The van der Waals surface area contributed by atoms with Crippen LogP contribution in [-0.2, 0) is 6.54 Å². The smallest absolute Gasteiger partial charge is 0.349 e. The van der Waals surface area contributed by atoms with Gasteiger partial charge in [-0.05, 0) is 29.8 Å². The van der Waals surface area contributed by atoms with Crippen LogP contribution in [0.3, 0.4) is 0 Å². The van der Waals surface area contributed by atoms with Gasteiger partial charge in [-0.25, -0.2) is 9.48 Å². The fourth-order valence-corrected chi connectivity index (χ4v) is 2.87. The molecular formula is C21H17N3O4. The third kappa shape index (κ3) is 3.50. The number of fused-ring (bicyclic) bond motifs is 1. The van der Waals surface area contributed by atoms with E-state index in [0.717, 1.165) is 11.3 Å². The zero-order valence-corrected chi connectivity index (χ0v) is 15.1. The maximum atomic E-state index is 12.6. The molecule has 2 aromatic heterocycles. The van der Waals surface area contributed by atoms with Crippen molar-refractivity contribution in [2.75, 3.05) is 12.4 Å². The first kappa shape index (κ1) is 17.5. The first-order valence-electron chi connectivity index (χ1n) is 8.63. The molecule has 0 spiro atoms. The average molecular weight is 375 g/mol. The minimum Gasteiger partial charge on any atom is -0.497 e. The van der Waals surface area contributed by atoms with E-state index in [0.29, 0.717) is 23.3 Å². The average Bonchev–Trinajstić information content (AvgIpc) is 3.14. The van der Waals surface area contributed by atoms with Crippen molar-refractivity contribution in [1.82, 2.24) is 9.78 Å². The van der Waals surface area contributed by atoms with Crippen molar-refractivity contribution < 1.29 is 13.9 Å². The second-order valence-corrected chi connectivity index (χ2v) is 6.16. The fourth-order valence-electron chi connectivity index (χ4n) is 2.87. The molecule has 0 aliphatic carbocycles. The van der Waals surface area contributed by atoms with Crippen LogP contribution in [0.4, 0.5) is 5.82 Å². The Morgan fingerprint density at radius 2 is 1.93 bits per heavy atom. The summed E-state index contributed by atoms with van der Waals surface area (Å²) in [5.74, 6) is 0.699. The van der Waals surface area contributed by atoms with Crippen LogP contribution in [0, 0.1) is 0 Å². The number of carbonyl (C=O) groups is 1. The van der Waals surface area contributed by atoms with E-state index in [-0.39, 0.29) is 5.56 Å². The van der Waals surface area contributed by atoms with E-state index in [1.807, 2.05) is 30.3 Å². The van der Waals surface area contributed by atoms with Gasteiger partial charge in [0.2, 0.25) is 0 Å². The van der Waals surface area contributed by atoms with Gasteiger partial charge in [0.15, 0.2) is 0 Å². The summed E-state index contributed by atoms with van der Waals surface area (Å²) >= 11 is 0. The summed E-state index contributed by atoms with van der Waals surface area (Å²) in [6.45, 7) is 0.457. The monoisotopic (exact) mass is 375 g/mol. The molecule has 2 heterocycles. The molecule has 28 heavy (non-hydrogen) atoms. The van der Waals surface area contributed by atoms with Gasteiger partial charge in [0.25, 0.3) is 5.91 Å². The molecule has 4 aromatic rings. The lowest BCUT2D eigenvalue weighted by Gasteiger charge is -2.09. The molecule has 0 aliphatic rings. The highest BCUT2D eigenvalue weighted by atomic mass is 16.5. The summed E-state index contributed by atoms with van der Waals surface area (Å²) in [7, 11) is 1.61. The van der Waals surface area contributed by atoms with Gasteiger partial charge in [0.05, 0.1) is 19.9 Å². The number of hydrogen-bond acceptors (Lipinski definition) is 5. The zero-order valence-electron chi connectivity index (χ0n) is 15.1. The largest absolute Gasteiger partial charge is 0.497 e. The molecule has 1 N–H and O–H groups in total. The molecule has 0 fully saturated rings. The van der Waals surface area contributed by atoms with E-state index in [2.05, 4.69) is 10.4 Å². The number of benzene rings is 2. The number of carbonyl (C=O) groups excluding carboxylic acids is 1. The minimum atomic E-state index is -0.683. The van der Waals surface area contributed by atoms with Crippen molar-refractivity contribution in [1.29, 1.82) is 0 Å². The van der Waals surface area contributed by atoms with Crippen LogP contribution in [0.5, 0.6) is 5.75 Å². The molecule has 4 rings (SSSR count). The molecule has 0 unspecified atom stereocenters. The van der Waals surface area contributed by atoms with Crippen LogP contribution < -0.4 is 15.7 Å². The Kier molecular flexibility index (Phi) is 4.63. The molecule has 0 bridgehead atoms. The summed E-state index contributed by atoms with van der Waals surface area (Å²) in [4.78, 5) is 24.8. The molecule has 0 saturated heterocycles. The number of nitrogens with one attached hydrogen (secondary N) is 1. The Bertz CT molecular complexity index is 1190. The van der Waals surface area contributed by atoms with Crippen LogP contribution in [0.25, 0.3) is 11.0 Å². The fraction of sp³-hybridized carbons (Fsp3) is 0.0952. The number of ether oxygens (including phenoxy) is 1. The van der Waals surface area contributed by atoms with Crippen molar-refractivity contribution in [2.45, 2.75) is 6.54 Å². The van der Waals surface area contributed by atoms with E-state index in [4.69, 9.17) is 9.15 Å². The molecular weight excluding hydrogens is 358 g/mol. The second-order valence-electron chi connectivity index (χ2n) is 6.16. The SMILES string of the molecule is COc1ccc(Cn2nccc2NC(=O)c2cc3ccccc3oc2=O)cc1. The molecule has 0 radical (unpaired) electrons. The standard InChI is InChI=1S/C21H17N3O4/c1-27-16-8-6-14(7-9-16)13-24-19(10-11-22-24)23-20(25)17-12-15-4-2-3-5-18(15)28-21(17)26/h2-12H,13H2,1H3,(H,23,25). The van der Waals surface area contributed by atoms with E-state index < -0.39 is 11.5 Å². The van der Waals surface area contributed by atoms with E-state index in [1.54, 1.807) is 42.3 Å². The maximum Gasteiger partial charge on any atom is 0.349 e. The first-order chi connectivity index (χ1) is 13.6. The molecule has 0 aliphatic heterocycles. The Hall–Kier alpha value is -3.87. The van der Waals surface area contributed by atoms with Gasteiger partial charge in [-0.1, -0.05) is 30.3 Å². The molecule has 0 atom stereocenters. The van der Waals surface area contributed by atoms with Gasteiger partial charge >= 0.3 is 5.63 Å². The Labute approximate surface area is 160 Å². The van der Waals surface area contributed by atoms with Gasteiger partial charge in [0, 0.05) is 11.5 Å².